The molecule has 1 fully saturated rings. The van der Waals surface area contributed by atoms with Crippen LogP contribution in [0.1, 0.15) is 64.2 Å². The topological polar surface area (TPSA) is 83.6 Å². The molecule has 3 rings (SSSR count). The van der Waals surface area contributed by atoms with Gasteiger partial charge in [0.1, 0.15) is 5.69 Å². The molecule has 0 aromatic carbocycles. The molecular formula is C19H22N2O4. The molecule has 1 amide bonds. The lowest BCUT2D eigenvalue weighted by Gasteiger charge is -2.34. The molecule has 1 saturated carbocycles. The van der Waals surface area contributed by atoms with Crippen LogP contribution in [0.5, 0.6) is 0 Å². The molecule has 2 aromatic heterocycles. The number of hydrogen-bond acceptors (Lipinski definition) is 4. The van der Waals surface area contributed by atoms with E-state index in [0.717, 1.165) is 31.2 Å². The predicted molar refractivity (Wildman–Crippen MR) is 91.4 cm³/mol. The average molecular weight is 342 g/mol. The van der Waals surface area contributed by atoms with Gasteiger partial charge in [0.15, 0.2) is 0 Å². The summed E-state index contributed by atoms with van der Waals surface area (Å²) in [6, 6.07) is 4.99. The van der Waals surface area contributed by atoms with Gasteiger partial charge >= 0.3 is 5.97 Å². The van der Waals surface area contributed by atoms with Gasteiger partial charge in [0, 0.05) is 18.2 Å². The molecule has 6 heteroatoms. The van der Waals surface area contributed by atoms with Gasteiger partial charge in [-0.15, -0.1) is 0 Å². The van der Waals surface area contributed by atoms with Crippen LogP contribution in [0.2, 0.25) is 0 Å². The minimum atomic E-state index is -1.04. The maximum atomic E-state index is 13.1. The molecule has 2 heterocycles. The third kappa shape index (κ3) is 3.90. The number of aromatic nitrogens is 1. The van der Waals surface area contributed by atoms with Gasteiger partial charge in [0.2, 0.25) is 0 Å². The zero-order chi connectivity index (χ0) is 17.8. The molecule has 6 nitrogen and oxygen atoms in total. The zero-order valence-corrected chi connectivity index (χ0v) is 14.3. The van der Waals surface area contributed by atoms with Crippen LogP contribution in [0, 0.1) is 6.92 Å². The number of carboxylic acid groups (broad SMARTS) is 1. The highest BCUT2D eigenvalue weighted by Crippen LogP contribution is 2.25. The summed E-state index contributed by atoms with van der Waals surface area (Å²) in [5.74, 6) is -1.19. The summed E-state index contributed by atoms with van der Waals surface area (Å²) in [7, 11) is 0. The van der Waals surface area contributed by atoms with Gasteiger partial charge in [-0.3, -0.25) is 4.79 Å². The summed E-state index contributed by atoms with van der Waals surface area (Å²) < 4.78 is 5.13. The summed E-state index contributed by atoms with van der Waals surface area (Å²) in [4.78, 5) is 30.3. The van der Waals surface area contributed by atoms with Crippen molar-refractivity contribution in [1.29, 1.82) is 0 Å². The number of aromatic carboxylic acids is 1. The van der Waals surface area contributed by atoms with Crippen molar-refractivity contribution in [3.8, 4) is 0 Å². The number of carboxylic acids is 1. The Morgan fingerprint density at radius 2 is 2.00 bits per heavy atom. The van der Waals surface area contributed by atoms with E-state index in [4.69, 9.17) is 9.52 Å². The van der Waals surface area contributed by atoms with Crippen LogP contribution in [-0.2, 0) is 6.54 Å². The second-order valence-electron chi connectivity index (χ2n) is 6.49. The maximum absolute atomic E-state index is 13.1. The van der Waals surface area contributed by atoms with Crippen molar-refractivity contribution in [2.24, 2.45) is 0 Å². The molecule has 0 unspecified atom stereocenters. The Morgan fingerprint density at radius 3 is 2.60 bits per heavy atom. The average Bonchev–Trinajstić information content (AvgIpc) is 3.12. The number of carbonyl (C=O) groups excluding carboxylic acids is 1. The van der Waals surface area contributed by atoms with Gasteiger partial charge in [0.25, 0.3) is 5.91 Å². The first kappa shape index (κ1) is 17.2. The molecule has 1 aliphatic carbocycles. The number of amides is 1. The van der Waals surface area contributed by atoms with Gasteiger partial charge < -0.3 is 14.4 Å². The van der Waals surface area contributed by atoms with E-state index >= 15 is 0 Å². The smallest absolute Gasteiger partial charge is 0.337 e. The van der Waals surface area contributed by atoms with Gasteiger partial charge in [-0.2, -0.15) is 0 Å². The summed E-state index contributed by atoms with van der Waals surface area (Å²) in [5.41, 5.74) is 1.70. The molecule has 0 aliphatic heterocycles. The van der Waals surface area contributed by atoms with Gasteiger partial charge in [0.05, 0.1) is 23.8 Å². The third-order valence-corrected chi connectivity index (χ3v) is 4.74. The van der Waals surface area contributed by atoms with E-state index in [1.54, 1.807) is 19.5 Å². The van der Waals surface area contributed by atoms with Crippen molar-refractivity contribution in [1.82, 2.24) is 9.88 Å². The van der Waals surface area contributed by atoms with E-state index in [1.807, 2.05) is 11.0 Å². The lowest BCUT2D eigenvalue weighted by molar-refractivity contribution is 0.0605. The quantitative estimate of drug-likeness (QED) is 0.896. The predicted octanol–water partition coefficient (Wildman–Crippen LogP) is 3.66. The van der Waals surface area contributed by atoms with Crippen molar-refractivity contribution in [3.05, 3.63) is 53.2 Å². The highest BCUT2D eigenvalue weighted by atomic mass is 16.4. The first-order valence-corrected chi connectivity index (χ1v) is 8.59. The summed E-state index contributed by atoms with van der Waals surface area (Å²) in [6.45, 7) is 2.09. The van der Waals surface area contributed by atoms with Gasteiger partial charge in [-0.1, -0.05) is 19.3 Å². The van der Waals surface area contributed by atoms with Crippen molar-refractivity contribution in [2.75, 3.05) is 0 Å². The molecule has 0 bridgehead atoms. The Kier molecular flexibility index (Phi) is 5.16. The van der Waals surface area contributed by atoms with E-state index < -0.39 is 5.97 Å². The normalized spacial score (nSPS) is 15.1. The zero-order valence-electron chi connectivity index (χ0n) is 14.3. The van der Waals surface area contributed by atoms with Gasteiger partial charge in [-0.25, -0.2) is 9.78 Å². The first-order chi connectivity index (χ1) is 12.1. The van der Waals surface area contributed by atoms with Crippen molar-refractivity contribution in [2.45, 2.75) is 51.6 Å². The number of nitrogens with zero attached hydrogens (tertiary/aromatic N) is 2. The summed E-state index contributed by atoms with van der Waals surface area (Å²) in [5, 5.41) is 9.13. The number of aryl methyl sites for hydroxylation is 1. The van der Waals surface area contributed by atoms with Crippen molar-refractivity contribution in [3.63, 3.8) is 0 Å². The monoisotopic (exact) mass is 342 g/mol. The molecule has 132 valence electrons. The molecule has 0 spiro atoms. The SMILES string of the molecule is Cc1nc(C(=O)N(Cc2ccoc2)C2CCCCC2)ccc1C(=O)O. The molecule has 1 N–H and O–H groups in total. The van der Waals surface area contributed by atoms with Gasteiger partial charge in [-0.05, 0) is 38.0 Å². The third-order valence-electron chi connectivity index (χ3n) is 4.74. The van der Waals surface area contributed by atoms with E-state index in [0.29, 0.717) is 12.2 Å². The Hall–Kier alpha value is -2.63. The first-order valence-electron chi connectivity index (χ1n) is 8.59. The van der Waals surface area contributed by atoms with E-state index in [1.165, 1.54) is 18.6 Å². The Balaban J connectivity index is 1.87. The largest absolute Gasteiger partial charge is 0.478 e. The fourth-order valence-electron chi connectivity index (χ4n) is 3.39. The standard InChI is InChI=1S/C19H22N2O4/c1-13-16(19(23)24)7-8-17(20-13)18(22)21(11-14-9-10-25-12-14)15-5-3-2-4-6-15/h7-10,12,15H,2-6,11H2,1H3,(H,23,24). The number of hydrogen-bond donors (Lipinski definition) is 1. The maximum Gasteiger partial charge on any atom is 0.337 e. The Morgan fingerprint density at radius 1 is 1.24 bits per heavy atom. The molecule has 2 aromatic rings. The number of carbonyl (C=O) groups is 2. The molecule has 0 saturated heterocycles. The summed E-state index contributed by atoms with van der Waals surface area (Å²) >= 11 is 0. The van der Waals surface area contributed by atoms with Crippen LogP contribution in [0.4, 0.5) is 0 Å². The second kappa shape index (κ2) is 7.51. The van der Waals surface area contributed by atoms with Crippen molar-refractivity contribution < 1.29 is 19.1 Å². The minimum absolute atomic E-state index is 0.121. The Bertz CT molecular complexity index is 749. The number of pyridine rings is 1. The van der Waals surface area contributed by atoms with E-state index in [-0.39, 0.29) is 23.2 Å². The fraction of sp³-hybridized carbons (Fsp3) is 0.421. The molecule has 0 atom stereocenters. The van der Waals surface area contributed by atoms with E-state index in [9.17, 15) is 9.59 Å². The van der Waals surface area contributed by atoms with Crippen LogP contribution in [-0.4, -0.2) is 32.9 Å². The van der Waals surface area contributed by atoms with Crippen LogP contribution in [0.3, 0.4) is 0 Å². The number of rotatable bonds is 5. The van der Waals surface area contributed by atoms with Crippen LogP contribution < -0.4 is 0 Å². The van der Waals surface area contributed by atoms with Crippen LogP contribution in [0.15, 0.2) is 35.1 Å². The molecule has 1 aliphatic rings. The van der Waals surface area contributed by atoms with Crippen molar-refractivity contribution >= 4 is 11.9 Å². The Labute approximate surface area is 146 Å². The van der Waals surface area contributed by atoms with E-state index in [2.05, 4.69) is 4.98 Å². The van der Waals surface area contributed by atoms with Crippen LogP contribution in [0.25, 0.3) is 0 Å². The highest BCUT2D eigenvalue weighted by Gasteiger charge is 2.28. The molecular weight excluding hydrogens is 320 g/mol. The minimum Gasteiger partial charge on any atom is -0.478 e. The molecule has 25 heavy (non-hydrogen) atoms. The summed E-state index contributed by atoms with van der Waals surface area (Å²) in [6.07, 6.45) is 8.65. The van der Waals surface area contributed by atoms with Crippen LogP contribution >= 0.6 is 0 Å². The molecule has 0 radical (unpaired) electrons. The lowest BCUT2D eigenvalue weighted by Crippen LogP contribution is -2.41. The highest BCUT2D eigenvalue weighted by molar-refractivity contribution is 5.94. The number of furan rings is 1. The second-order valence-corrected chi connectivity index (χ2v) is 6.49. The lowest BCUT2D eigenvalue weighted by atomic mass is 9.93. The fourth-order valence-corrected chi connectivity index (χ4v) is 3.39.